The second-order valence-electron chi connectivity index (χ2n) is 5.47. The molecule has 21 heavy (non-hydrogen) atoms. The molecular weight excluding hydrogens is 286 g/mol. The summed E-state index contributed by atoms with van der Waals surface area (Å²) < 4.78 is 13.1. The first-order valence-corrected chi connectivity index (χ1v) is 7.54. The van der Waals surface area contributed by atoms with E-state index in [0.29, 0.717) is 17.4 Å². The van der Waals surface area contributed by atoms with Crippen molar-refractivity contribution in [3.8, 4) is 11.5 Å². The molecule has 1 aromatic heterocycles. The Kier molecular flexibility index (Phi) is 4.19. The normalized spacial score (nSPS) is 23.3. The van der Waals surface area contributed by atoms with Crippen LogP contribution in [-0.2, 0) is 11.4 Å². The van der Waals surface area contributed by atoms with Crippen molar-refractivity contribution in [2.45, 2.75) is 32.7 Å². The molecule has 2 atom stereocenters. The Bertz CT molecular complexity index is 642. The Morgan fingerprint density at radius 1 is 1.19 bits per heavy atom. The lowest BCUT2D eigenvalue weighted by Crippen LogP contribution is -2.46. The Morgan fingerprint density at radius 2 is 1.86 bits per heavy atom. The van der Waals surface area contributed by atoms with E-state index in [0.717, 1.165) is 18.7 Å². The van der Waals surface area contributed by atoms with Crippen LogP contribution in [0.25, 0.3) is 11.5 Å². The molecule has 1 fully saturated rings. The molecule has 2 heterocycles. The predicted octanol–water partition coefficient (Wildman–Crippen LogP) is 2.94. The van der Waals surface area contributed by atoms with Crippen molar-refractivity contribution in [1.82, 2.24) is 14.7 Å². The summed E-state index contributed by atoms with van der Waals surface area (Å²) in [6, 6.07) is 9.80. The van der Waals surface area contributed by atoms with Gasteiger partial charge in [-0.15, -0.1) is 5.10 Å². The van der Waals surface area contributed by atoms with Crippen molar-refractivity contribution in [2.24, 2.45) is 0 Å². The van der Waals surface area contributed by atoms with Gasteiger partial charge in [0.15, 0.2) is 0 Å². The molecule has 0 spiro atoms. The summed E-state index contributed by atoms with van der Waals surface area (Å²) >= 11 is 5.28. The van der Waals surface area contributed by atoms with Crippen LogP contribution in [0.2, 0.25) is 0 Å². The minimum atomic E-state index is 0.225. The van der Waals surface area contributed by atoms with Crippen LogP contribution in [0, 0.1) is 4.84 Å². The van der Waals surface area contributed by atoms with Gasteiger partial charge in [-0.3, -0.25) is 4.90 Å². The number of aromatic nitrogens is 2. The van der Waals surface area contributed by atoms with Crippen LogP contribution in [-0.4, -0.2) is 40.0 Å². The number of hydrogen-bond acceptors (Lipinski definition) is 5. The van der Waals surface area contributed by atoms with E-state index in [-0.39, 0.29) is 12.2 Å². The number of benzene rings is 1. The van der Waals surface area contributed by atoms with Gasteiger partial charge in [0.2, 0.25) is 5.89 Å². The predicted molar refractivity (Wildman–Crippen MR) is 82.3 cm³/mol. The number of morpholine rings is 1. The van der Waals surface area contributed by atoms with Crippen LogP contribution >= 0.6 is 12.2 Å². The molecule has 3 rings (SSSR count). The van der Waals surface area contributed by atoms with Crippen LogP contribution in [0.5, 0.6) is 0 Å². The number of rotatable bonds is 3. The Hall–Kier alpha value is -1.50. The summed E-state index contributed by atoms with van der Waals surface area (Å²) in [5, 5.41) is 4.49. The zero-order valence-electron chi connectivity index (χ0n) is 12.2. The van der Waals surface area contributed by atoms with E-state index in [4.69, 9.17) is 21.4 Å². The number of hydrogen-bond donors (Lipinski definition) is 0. The lowest BCUT2D eigenvalue weighted by Gasteiger charge is -2.34. The fourth-order valence-corrected chi connectivity index (χ4v) is 2.86. The molecule has 0 bridgehead atoms. The maximum absolute atomic E-state index is 5.74. The zero-order chi connectivity index (χ0) is 14.8. The van der Waals surface area contributed by atoms with Crippen molar-refractivity contribution in [2.75, 3.05) is 13.1 Å². The lowest BCUT2D eigenvalue weighted by atomic mass is 10.2. The second-order valence-corrected chi connectivity index (χ2v) is 5.82. The van der Waals surface area contributed by atoms with Crippen LogP contribution in [0.4, 0.5) is 0 Å². The van der Waals surface area contributed by atoms with Crippen LogP contribution in [0.1, 0.15) is 13.8 Å². The third kappa shape index (κ3) is 3.40. The van der Waals surface area contributed by atoms with E-state index in [1.165, 1.54) is 0 Å². The zero-order valence-corrected chi connectivity index (χ0v) is 13.0. The van der Waals surface area contributed by atoms with Gasteiger partial charge < -0.3 is 9.15 Å². The summed E-state index contributed by atoms with van der Waals surface area (Å²) in [7, 11) is 0. The molecule has 0 N–H and O–H groups in total. The standard InChI is InChI=1S/C15H19N3O2S/c1-11-8-17(9-12(2)19-11)10-18-15(21)20-14(16-18)13-6-4-3-5-7-13/h3-7,11-12H,8-10H2,1-2H3. The average Bonchev–Trinajstić information content (AvgIpc) is 2.80. The van der Waals surface area contributed by atoms with E-state index < -0.39 is 0 Å². The van der Waals surface area contributed by atoms with Gasteiger partial charge in [0, 0.05) is 18.7 Å². The molecule has 0 aliphatic carbocycles. The maximum atomic E-state index is 5.74. The van der Waals surface area contributed by atoms with E-state index in [1.807, 2.05) is 30.3 Å². The molecule has 0 saturated carbocycles. The molecule has 112 valence electrons. The highest BCUT2D eigenvalue weighted by Gasteiger charge is 2.23. The third-order valence-electron chi connectivity index (χ3n) is 3.46. The van der Waals surface area contributed by atoms with E-state index in [2.05, 4.69) is 23.8 Å². The molecular formula is C15H19N3O2S. The minimum absolute atomic E-state index is 0.225. The first-order valence-electron chi connectivity index (χ1n) is 7.13. The fraction of sp³-hybridized carbons (Fsp3) is 0.467. The summed E-state index contributed by atoms with van der Waals surface area (Å²) in [4.78, 5) is 2.69. The Labute approximate surface area is 129 Å². The smallest absolute Gasteiger partial charge is 0.288 e. The molecule has 1 saturated heterocycles. The molecule has 0 radical (unpaired) electrons. The van der Waals surface area contributed by atoms with Gasteiger partial charge in [-0.05, 0) is 38.2 Å². The van der Waals surface area contributed by atoms with Gasteiger partial charge in [0.05, 0.1) is 18.9 Å². The number of nitrogens with zero attached hydrogens (tertiary/aromatic N) is 3. The molecule has 1 aliphatic heterocycles. The summed E-state index contributed by atoms with van der Waals surface area (Å²) in [5.74, 6) is 0.565. The number of ether oxygens (including phenoxy) is 1. The summed E-state index contributed by atoms with van der Waals surface area (Å²) in [6.45, 7) is 6.55. The van der Waals surface area contributed by atoms with Gasteiger partial charge in [-0.1, -0.05) is 18.2 Å². The first-order chi connectivity index (χ1) is 10.1. The van der Waals surface area contributed by atoms with Gasteiger partial charge >= 0.3 is 0 Å². The molecule has 6 heteroatoms. The highest BCUT2D eigenvalue weighted by atomic mass is 32.1. The van der Waals surface area contributed by atoms with Crippen LogP contribution in [0.15, 0.2) is 34.7 Å². The minimum Gasteiger partial charge on any atom is -0.409 e. The molecule has 1 aromatic carbocycles. The van der Waals surface area contributed by atoms with E-state index in [9.17, 15) is 0 Å². The molecule has 2 unspecified atom stereocenters. The molecule has 1 aliphatic rings. The Morgan fingerprint density at radius 3 is 2.52 bits per heavy atom. The first kappa shape index (κ1) is 14.4. The molecule has 5 nitrogen and oxygen atoms in total. The third-order valence-corrected chi connectivity index (χ3v) is 3.75. The van der Waals surface area contributed by atoms with E-state index >= 15 is 0 Å². The van der Waals surface area contributed by atoms with E-state index in [1.54, 1.807) is 4.68 Å². The highest BCUT2D eigenvalue weighted by Crippen LogP contribution is 2.18. The largest absolute Gasteiger partial charge is 0.409 e. The fourth-order valence-electron chi connectivity index (χ4n) is 2.68. The van der Waals surface area contributed by atoms with Crippen LogP contribution in [0.3, 0.4) is 0 Å². The summed E-state index contributed by atoms with van der Waals surface area (Å²) in [6.07, 6.45) is 0.451. The van der Waals surface area contributed by atoms with Crippen molar-refractivity contribution in [3.05, 3.63) is 35.2 Å². The topological polar surface area (TPSA) is 43.4 Å². The SMILES string of the molecule is CC1CN(Cn2nc(-c3ccccc3)oc2=S)CC(C)O1. The molecule has 0 amide bonds. The van der Waals surface area contributed by atoms with Gasteiger partial charge in [-0.2, -0.15) is 0 Å². The van der Waals surface area contributed by atoms with Gasteiger partial charge in [-0.25, -0.2) is 4.68 Å². The van der Waals surface area contributed by atoms with Gasteiger partial charge in [0.1, 0.15) is 0 Å². The van der Waals surface area contributed by atoms with Gasteiger partial charge in [0.25, 0.3) is 4.84 Å². The van der Waals surface area contributed by atoms with Crippen molar-refractivity contribution in [1.29, 1.82) is 0 Å². The van der Waals surface area contributed by atoms with Crippen LogP contribution < -0.4 is 0 Å². The maximum Gasteiger partial charge on any atom is 0.288 e. The average molecular weight is 305 g/mol. The second kappa shape index (κ2) is 6.09. The lowest BCUT2D eigenvalue weighted by molar-refractivity contribution is -0.0778. The monoisotopic (exact) mass is 305 g/mol. The van der Waals surface area contributed by atoms with Crippen molar-refractivity contribution >= 4 is 12.2 Å². The molecule has 2 aromatic rings. The Balaban J connectivity index is 1.78. The highest BCUT2D eigenvalue weighted by molar-refractivity contribution is 7.71. The van der Waals surface area contributed by atoms with Crippen molar-refractivity contribution in [3.63, 3.8) is 0 Å². The quantitative estimate of drug-likeness (QED) is 0.816. The van der Waals surface area contributed by atoms with Crippen molar-refractivity contribution < 1.29 is 9.15 Å². The summed E-state index contributed by atoms with van der Waals surface area (Å²) in [5.41, 5.74) is 0.936.